The summed E-state index contributed by atoms with van der Waals surface area (Å²) >= 11 is 0. The molecule has 12 heteroatoms. The number of nitrogens with two attached hydrogens (primary N) is 1. The van der Waals surface area contributed by atoms with Crippen LogP contribution >= 0.6 is 0 Å². The lowest BCUT2D eigenvalue weighted by molar-refractivity contribution is -0.600. The third-order valence-corrected chi connectivity index (χ3v) is 6.81. The summed E-state index contributed by atoms with van der Waals surface area (Å²) in [6.07, 6.45) is 4.62. The summed E-state index contributed by atoms with van der Waals surface area (Å²) in [6, 6.07) is 1.61. The molecule has 182 valence electrons. The molecular weight excluding hydrogens is 448 g/mol. The zero-order valence-corrected chi connectivity index (χ0v) is 18.7. The van der Waals surface area contributed by atoms with Crippen LogP contribution in [0.1, 0.15) is 54.2 Å². The Kier molecular flexibility index (Phi) is 6.17. The number of hydrogen-bond acceptors (Lipinski definition) is 6. The highest BCUT2D eigenvalue weighted by molar-refractivity contribution is 5.97. The number of fused-ring (bicyclic) bond motifs is 1. The topological polar surface area (TPSA) is 116 Å². The van der Waals surface area contributed by atoms with Gasteiger partial charge in [-0.25, -0.2) is 8.78 Å². The molecule has 3 aromatic rings. The van der Waals surface area contributed by atoms with Crippen molar-refractivity contribution in [1.29, 1.82) is 0 Å². The zero-order chi connectivity index (χ0) is 23.8. The van der Waals surface area contributed by atoms with Crippen molar-refractivity contribution in [2.45, 2.75) is 38.2 Å². The second-order valence-corrected chi connectivity index (χ2v) is 8.82. The minimum absolute atomic E-state index is 0.111. The van der Waals surface area contributed by atoms with Gasteiger partial charge in [0.2, 0.25) is 5.82 Å². The number of primary amides is 1. The number of aromatic nitrogens is 5. The fourth-order valence-electron chi connectivity index (χ4n) is 4.95. The van der Waals surface area contributed by atoms with E-state index in [4.69, 9.17) is 10.5 Å². The van der Waals surface area contributed by atoms with Crippen molar-refractivity contribution in [3.05, 3.63) is 35.9 Å². The van der Waals surface area contributed by atoms with E-state index >= 15 is 0 Å². The molecule has 1 aliphatic carbocycles. The molecule has 0 aromatic carbocycles. The van der Waals surface area contributed by atoms with Crippen molar-refractivity contribution in [3.63, 3.8) is 0 Å². The van der Waals surface area contributed by atoms with E-state index in [9.17, 15) is 18.7 Å². The van der Waals surface area contributed by atoms with Crippen LogP contribution in [0, 0.1) is 5.92 Å². The third kappa shape index (κ3) is 4.00. The van der Waals surface area contributed by atoms with Crippen LogP contribution in [-0.4, -0.2) is 63.4 Å². The summed E-state index contributed by atoms with van der Waals surface area (Å²) in [6.45, 7) is 2.59. The van der Waals surface area contributed by atoms with E-state index in [0.29, 0.717) is 45.0 Å². The van der Waals surface area contributed by atoms with Crippen LogP contribution in [0.15, 0.2) is 24.7 Å². The van der Waals surface area contributed by atoms with Gasteiger partial charge < -0.3 is 20.5 Å². The molecule has 2 fully saturated rings. The van der Waals surface area contributed by atoms with Crippen molar-refractivity contribution in [1.82, 2.24) is 19.4 Å². The highest BCUT2D eigenvalue weighted by atomic mass is 19.3. The zero-order valence-electron chi connectivity index (χ0n) is 18.7. The smallest absolute Gasteiger partial charge is 0.363 e. The maximum absolute atomic E-state index is 14.3. The first-order valence-corrected chi connectivity index (χ1v) is 11.5. The number of alkyl halides is 2. The normalized spacial score (nSPS) is 21.5. The molecule has 0 spiro atoms. The van der Waals surface area contributed by atoms with Crippen LogP contribution in [0.5, 0.6) is 0 Å². The first-order valence-electron chi connectivity index (χ1n) is 11.5. The summed E-state index contributed by atoms with van der Waals surface area (Å²) in [7, 11) is 0. The molecular formula is C22H28F2N7O3+. The Morgan fingerprint density at radius 2 is 2.00 bits per heavy atom. The number of amides is 1. The molecule has 1 saturated carbocycles. The highest BCUT2D eigenvalue weighted by Gasteiger charge is 2.32. The van der Waals surface area contributed by atoms with Crippen LogP contribution < -0.4 is 15.1 Å². The van der Waals surface area contributed by atoms with Gasteiger partial charge in [-0.2, -0.15) is 9.78 Å². The van der Waals surface area contributed by atoms with Gasteiger partial charge in [-0.15, -0.1) is 4.52 Å². The van der Waals surface area contributed by atoms with Crippen LogP contribution in [0.2, 0.25) is 0 Å². The van der Waals surface area contributed by atoms with Gasteiger partial charge in [0, 0.05) is 25.8 Å². The summed E-state index contributed by atoms with van der Waals surface area (Å²) in [5, 5.41) is 13.7. The monoisotopic (exact) mass is 476 g/mol. The highest BCUT2D eigenvalue weighted by Crippen LogP contribution is 2.36. The van der Waals surface area contributed by atoms with Gasteiger partial charge in [-0.05, 0) is 36.6 Å². The number of rotatable bonds is 6. The Hall–Kier alpha value is -3.12. The molecule has 0 atom stereocenters. The Labute approximate surface area is 194 Å². The lowest BCUT2D eigenvalue weighted by Crippen LogP contribution is -2.38. The molecule has 34 heavy (non-hydrogen) atoms. The van der Waals surface area contributed by atoms with Crippen LogP contribution in [0.4, 0.5) is 14.6 Å². The van der Waals surface area contributed by atoms with Crippen molar-refractivity contribution < 1.29 is 27.9 Å². The molecule has 10 nitrogen and oxygen atoms in total. The minimum Gasteiger partial charge on any atom is -0.396 e. The van der Waals surface area contributed by atoms with Crippen molar-refractivity contribution in [2.24, 2.45) is 11.7 Å². The molecule has 0 unspecified atom stereocenters. The molecule has 1 aliphatic heterocycles. The lowest BCUT2D eigenvalue weighted by Gasteiger charge is -2.28. The van der Waals surface area contributed by atoms with Crippen molar-refractivity contribution in [3.8, 4) is 5.69 Å². The standard InChI is InChI=1S/C22H27F2N7O3/c23-20(24)19-17(11-26-31(19)15-3-1-14(13-32)2-4-15)30-12-16(21(25)33)22-27-18(5-6-29(22)30)28-7-9-34-10-8-28/h5-6,11-12,14-15,20,32H,1-4,7-10,13H2,(H-,25,33)/p+1/t14-,15-. The molecule has 5 rings (SSSR count). The maximum atomic E-state index is 14.3. The molecule has 0 bridgehead atoms. The fourth-order valence-corrected chi connectivity index (χ4v) is 4.95. The van der Waals surface area contributed by atoms with Gasteiger partial charge >= 0.3 is 5.65 Å². The van der Waals surface area contributed by atoms with E-state index in [2.05, 4.69) is 10.1 Å². The summed E-state index contributed by atoms with van der Waals surface area (Å²) in [5.74, 6) is 0.167. The van der Waals surface area contributed by atoms with Gasteiger partial charge in [0.25, 0.3) is 12.3 Å². The summed E-state index contributed by atoms with van der Waals surface area (Å²) in [4.78, 5) is 18.9. The first kappa shape index (κ1) is 22.7. The second kappa shape index (κ2) is 9.26. The number of carbonyl (C=O) groups is 1. The first-order chi connectivity index (χ1) is 16.5. The number of hydrogen-bond donors (Lipinski definition) is 2. The molecule has 3 aromatic heterocycles. The van der Waals surface area contributed by atoms with E-state index in [-0.39, 0.29) is 41.2 Å². The van der Waals surface area contributed by atoms with Gasteiger partial charge in [-0.3, -0.25) is 9.48 Å². The van der Waals surface area contributed by atoms with Crippen LogP contribution in [0.25, 0.3) is 11.3 Å². The van der Waals surface area contributed by atoms with Crippen molar-refractivity contribution >= 4 is 17.4 Å². The second-order valence-electron chi connectivity index (χ2n) is 8.82. The number of halogens is 2. The van der Waals surface area contributed by atoms with Gasteiger partial charge in [0.15, 0.2) is 5.56 Å². The predicted molar refractivity (Wildman–Crippen MR) is 117 cm³/mol. The van der Waals surface area contributed by atoms with Crippen LogP contribution in [-0.2, 0) is 4.74 Å². The van der Waals surface area contributed by atoms with Gasteiger partial charge in [-0.1, -0.05) is 0 Å². The number of ether oxygens (including phenoxy) is 1. The lowest BCUT2D eigenvalue weighted by atomic mass is 9.86. The third-order valence-electron chi connectivity index (χ3n) is 6.81. The van der Waals surface area contributed by atoms with E-state index < -0.39 is 12.3 Å². The van der Waals surface area contributed by atoms with Gasteiger partial charge in [0.05, 0.1) is 31.6 Å². The van der Waals surface area contributed by atoms with E-state index in [1.807, 2.05) is 4.90 Å². The predicted octanol–water partition coefficient (Wildman–Crippen LogP) is 1.40. The maximum Gasteiger partial charge on any atom is 0.363 e. The Morgan fingerprint density at radius 1 is 1.26 bits per heavy atom. The fraction of sp³-hybridized carbons (Fsp3) is 0.545. The number of carbonyl (C=O) groups excluding carboxylic acids is 1. The van der Waals surface area contributed by atoms with E-state index in [0.717, 1.165) is 12.8 Å². The molecule has 1 amide bonds. The number of aliphatic hydroxyl groups excluding tert-OH is 1. The number of anilines is 1. The Morgan fingerprint density at radius 3 is 2.65 bits per heavy atom. The van der Waals surface area contributed by atoms with Crippen molar-refractivity contribution in [2.75, 3.05) is 37.8 Å². The van der Waals surface area contributed by atoms with E-state index in [1.165, 1.54) is 21.8 Å². The summed E-state index contributed by atoms with van der Waals surface area (Å²) < 4.78 is 38.4. The molecule has 1 saturated heterocycles. The van der Waals surface area contributed by atoms with E-state index in [1.54, 1.807) is 16.8 Å². The van der Waals surface area contributed by atoms with Gasteiger partial charge in [0.1, 0.15) is 17.6 Å². The quantitative estimate of drug-likeness (QED) is 0.520. The average molecular weight is 477 g/mol. The average Bonchev–Trinajstić information content (AvgIpc) is 3.46. The van der Waals surface area contributed by atoms with Crippen LogP contribution in [0.3, 0.4) is 0 Å². The molecule has 2 aliphatic rings. The molecule has 3 N–H and O–H groups in total. The largest absolute Gasteiger partial charge is 0.396 e. The number of aliphatic hydroxyl groups is 1. The SMILES string of the molecule is NC(=O)c1cn(-c2cnn([C@H]3CC[C@H](CO)CC3)c2C(F)F)[n+]2ccc(N3CCOCC3)nc12. The molecule has 4 heterocycles. The summed E-state index contributed by atoms with van der Waals surface area (Å²) in [5.41, 5.74) is 5.99. The minimum atomic E-state index is -2.77. The number of morpholine rings is 1. The number of nitrogens with zero attached hydrogens (tertiary/aromatic N) is 6. The Bertz CT molecular complexity index is 1180. The molecule has 0 radical (unpaired) electrons. The Balaban J connectivity index is 1.57.